The second-order valence-electron chi connectivity index (χ2n) is 7.95. The number of piperidine rings is 1. The first-order chi connectivity index (χ1) is 15.0. The summed E-state index contributed by atoms with van der Waals surface area (Å²) in [6.07, 6.45) is -2.71. The number of alkyl halides is 3. The average molecular weight is 489 g/mol. The fraction of sp³-hybridized carbons (Fsp3) is 0.474. The van der Waals surface area contributed by atoms with Gasteiger partial charge in [-0.2, -0.15) is 23.4 Å². The number of carbonyl (C=O) groups excluding carboxylic acids is 1. The third kappa shape index (κ3) is 4.89. The monoisotopic (exact) mass is 488 g/mol. The molecule has 0 aromatic carbocycles. The fourth-order valence-electron chi connectivity index (χ4n) is 4.03. The number of hydrogen-bond acceptors (Lipinski definition) is 7. The number of carbonyl (C=O) groups is 1. The van der Waals surface area contributed by atoms with Crippen LogP contribution < -0.4 is 10.7 Å². The Kier molecular flexibility index (Phi) is 6.86. The molecule has 0 saturated carbocycles. The maximum atomic E-state index is 13.4. The highest BCUT2D eigenvalue weighted by molar-refractivity contribution is 6.02. The van der Waals surface area contributed by atoms with E-state index in [1.54, 1.807) is 6.07 Å². The molecular weight excluding hydrogens is 465 g/mol. The number of nitrogens with one attached hydrogen (secondary N) is 1. The smallest absolute Gasteiger partial charge is 0.393 e. The van der Waals surface area contributed by atoms with Crippen LogP contribution in [0.4, 0.5) is 18.9 Å². The minimum Gasteiger partial charge on any atom is -0.393 e. The lowest BCUT2D eigenvalue weighted by Crippen LogP contribution is -2.43. The lowest BCUT2D eigenvalue weighted by molar-refractivity contribution is -0.141. The largest absolute Gasteiger partial charge is 0.408 e. The predicted octanol–water partition coefficient (Wildman–Crippen LogP) is 2.10. The molecule has 3 aromatic heterocycles. The van der Waals surface area contributed by atoms with Crippen LogP contribution in [0, 0.1) is 0 Å². The first-order valence-corrected chi connectivity index (χ1v) is 10.0. The molecule has 1 aliphatic heterocycles. The zero-order chi connectivity index (χ0) is 23.2. The molecule has 2 atom stereocenters. The van der Waals surface area contributed by atoms with Crippen molar-refractivity contribution in [2.24, 2.45) is 5.84 Å². The maximum absolute atomic E-state index is 13.4. The Labute approximate surface area is 192 Å². The number of hydrazine groups is 1. The van der Waals surface area contributed by atoms with Crippen LogP contribution in [-0.2, 0) is 6.54 Å². The number of aliphatic hydroxyl groups excluding tert-OH is 1. The van der Waals surface area contributed by atoms with Gasteiger partial charge in [0.05, 0.1) is 17.5 Å². The van der Waals surface area contributed by atoms with Crippen molar-refractivity contribution in [1.29, 1.82) is 0 Å². The van der Waals surface area contributed by atoms with E-state index in [0.29, 0.717) is 30.8 Å². The minimum absolute atomic E-state index is 0. The van der Waals surface area contributed by atoms with Crippen molar-refractivity contribution in [2.45, 2.75) is 44.6 Å². The molecule has 1 amide bonds. The molecule has 1 fully saturated rings. The summed E-state index contributed by atoms with van der Waals surface area (Å²) in [5.41, 5.74) is 1.13. The zero-order valence-corrected chi connectivity index (χ0v) is 18.7. The Morgan fingerprint density at radius 1 is 1.42 bits per heavy atom. The molecule has 33 heavy (non-hydrogen) atoms. The summed E-state index contributed by atoms with van der Waals surface area (Å²) < 4.78 is 41.1. The first-order valence-electron chi connectivity index (χ1n) is 10.0. The number of rotatable bonds is 4. The van der Waals surface area contributed by atoms with E-state index in [-0.39, 0.29) is 40.9 Å². The minimum atomic E-state index is -4.53. The summed E-state index contributed by atoms with van der Waals surface area (Å²) >= 11 is 0. The van der Waals surface area contributed by atoms with E-state index >= 15 is 0 Å². The van der Waals surface area contributed by atoms with Crippen LogP contribution in [0.15, 0.2) is 18.3 Å². The van der Waals surface area contributed by atoms with Crippen molar-refractivity contribution >= 4 is 35.0 Å². The highest BCUT2D eigenvalue weighted by atomic mass is 35.5. The fourth-order valence-corrected chi connectivity index (χ4v) is 4.03. The van der Waals surface area contributed by atoms with Gasteiger partial charge in [-0.3, -0.25) is 19.6 Å². The third-order valence-corrected chi connectivity index (χ3v) is 5.46. The molecule has 14 heteroatoms. The van der Waals surface area contributed by atoms with E-state index in [0.717, 1.165) is 9.69 Å². The number of fused-ring (bicyclic) bond motifs is 1. The Morgan fingerprint density at radius 3 is 2.73 bits per heavy atom. The molecule has 0 unspecified atom stereocenters. The summed E-state index contributed by atoms with van der Waals surface area (Å²) in [7, 11) is 1.36. The second-order valence-corrected chi connectivity index (χ2v) is 7.95. The molecule has 180 valence electrons. The number of pyridine rings is 1. The van der Waals surface area contributed by atoms with Gasteiger partial charge >= 0.3 is 6.18 Å². The molecule has 10 nitrogen and oxygen atoms in total. The van der Waals surface area contributed by atoms with Gasteiger partial charge in [0.15, 0.2) is 0 Å². The van der Waals surface area contributed by atoms with Crippen molar-refractivity contribution in [1.82, 2.24) is 30.0 Å². The average Bonchev–Trinajstić information content (AvgIpc) is 3.34. The van der Waals surface area contributed by atoms with Crippen LogP contribution in [0.3, 0.4) is 0 Å². The standard InChI is InChI=1S/C19H23F3N8O2.ClH/c1-10-7-11(31)4-6-29(10)14-8-13(18(32)28(2)23)25-16-15(12-3-5-24-26-12)27-30(17(14)16)9-19(20,21)22;/h3,5,8,10-11,31H,4,6-7,9,23H2,1-2H3,(H,24,26);1H/t10-,11-;/m1./s1. The summed E-state index contributed by atoms with van der Waals surface area (Å²) in [6.45, 7) is 0.927. The lowest BCUT2D eigenvalue weighted by atomic mass is 9.99. The number of amides is 1. The van der Waals surface area contributed by atoms with Gasteiger partial charge in [-0.1, -0.05) is 0 Å². The van der Waals surface area contributed by atoms with Crippen LogP contribution in [0.5, 0.6) is 0 Å². The van der Waals surface area contributed by atoms with Crippen LogP contribution in [0.2, 0.25) is 0 Å². The molecule has 0 radical (unpaired) electrons. The molecule has 4 N–H and O–H groups in total. The van der Waals surface area contributed by atoms with Crippen LogP contribution in [-0.4, -0.2) is 72.9 Å². The summed E-state index contributed by atoms with van der Waals surface area (Å²) in [4.78, 5) is 18.9. The van der Waals surface area contributed by atoms with Gasteiger partial charge in [0, 0.05) is 25.8 Å². The van der Waals surface area contributed by atoms with E-state index in [9.17, 15) is 23.1 Å². The first kappa shape index (κ1) is 24.7. The molecule has 1 aliphatic rings. The van der Waals surface area contributed by atoms with E-state index < -0.39 is 24.7 Å². The Bertz CT molecular complexity index is 1130. The Balaban J connectivity index is 0.00000306. The quantitative estimate of drug-likeness (QED) is 0.291. The topological polar surface area (TPSA) is 129 Å². The molecule has 0 aliphatic carbocycles. The Hall–Kier alpha value is -2.90. The van der Waals surface area contributed by atoms with E-state index in [4.69, 9.17) is 5.84 Å². The second kappa shape index (κ2) is 9.15. The SMILES string of the molecule is C[C@@H]1C[C@H](O)CCN1c1cc(C(=O)N(C)N)nc2c(-c3ccn[nH]3)nn(CC(F)(F)F)c12.Cl. The van der Waals surface area contributed by atoms with Gasteiger partial charge in [-0.25, -0.2) is 10.8 Å². The zero-order valence-electron chi connectivity index (χ0n) is 17.9. The van der Waals surface area contributed by atoms with Gasteiger partial charge < -0.3 is 10.0 Å². The molecule has 1 saturated heterocycles. The van der Waals surface area contributed by atoms with Crippen molar-refractivity contribution in [3.05, 3.63) is 24.0 Å². The van der Waals surface area contributed by atoms with E-state index in [1.165, 1.54) is 19.3 Å². The van der Waals surface area contributed by atoms with Crippen molar-refractivity contribution in [3.8, 4) is 11.4 Å². The van der Waals surface area contributed by atoms with Crippen molar-refractivity contribution in [2.75, 3.05) is 18.5 Å². The van der Waals surface area contributed by atoms with Gasteiger partial charge in [0.2, 0.25) is 0 Å². The number of halogens is 4. The summed E-state index contributed by atoms with van der Waals surface area (Å²) in [5.74, 6) is 5.02. The third-order valence-electron chi connectivity index (χ3n) is 5.46. The van der Waals surface area contributed by atoms with Gasteiger partial charge in [0.1, 0.15) is 29.0 Å². The molecule has 0 bridgehead atoms. The number of nitrogens with zero attached hydrogens (tertiary/aromatic N) is 6. The number of anilines is 1. The number of H-pyrrole nitrogens is 1. The van der Waals surface area contributed by atoms with Crippen molar-refractivity contribution in [3.63, 3.8) is 0 Å². The normalized spacial score (nSPS) is 18.9. The Morgan fingerprint density at radius 2 is 2.15 bits per heavy atom. The molecule has 4 rings (SSSR count). The molecule has 3 aromatic rings. The van der Waals surface area contributed by atoms with Gasteiger partial charge in [0.25, 0.3) is 5.91 Å². The van der Waals surface area contributed by atoms with E-state index in [1.807, 2.05) is 11.8 Å². The number of aliphatic hydroxyl groups is 1. The number of nitrogens with two attached hydrogens (primary N) is 1. The van der Waals surface area contributed by atoms with Crippen LogP contribution in [0.25, 0.3) is 22.4 Å². The van der Waals surface area contributed by atoms with Gasteiger partial charge in [-0.15, -0.1) is 12.4 Å². The summed E-state index contributed by atoms with van der Waals surface area (Å²) in [6, 6.07) is 2.81. The predicted molar refractivity (Wildman–Crippen MR) is 117 cm³/mol. The maximum Gasteiger partial charge on any atom is 0.408 e. The lowest BCUT2D eigenvalue weighted by Gasteiger charge is -2.38. The molecular formula is C19H24ClF3N8O2. The van der Waals surface area contributed by atoms with Crippen molar-refractivity contribution < 1.29 is 23.1 Å². The summed E-state index contributed by atoms with van der Waals surface area (Å²) in [5, 5.41) is 21.6. The van der Waals surface area contributed by atoms with Crippen LogP contribution in [0.1, 0.15) is 30.3 Å². The molecule has 0 spiro atoms. The van der Waals surface area contributed by atoms with Crippen LogP contribution >= 0.6 is 12.4 Å². The highest BCUT2D eigenvalue weighted by Gasteiger charge is 2.34. The number of aromatic nitrogens is 5. The highest BCUT2D eigenvalue weighted by Crippen LogP contribution is 2.37. The van der Waals surface area contributed by atoms with E-state index in [2.05, 4.69) is 20.3 Å². The van der Waals surface area contributed by atoms with Gasteiger partial charge in [-0.05, 0) is 31.9 Å². The number of hydrogen-bond donors (Lipinski definition) is 3. The number of aromatic amines is 1. The molecule has 4 heterocycles.